The Morgan fingerprint density at radius 2 is 1.45 bits per heavy atom. The van der Waals surface area contributed by atoms with Crippen LogP contribution in [0, 0.1) is 13.8 Å². The van der Waals surface area contributed by atoms with Gasteiger partial charge >= 0.3 is 12.4 Å². The van der Waals surface area contributed by atoms with E-state index in [1.807, 2.05) is 0 Å². The van der Waals surface area contributed by atoms with Crippen LogP contribution >= 0.6 is 0 Å². The molecule has 0 saturated carbocycles. The third kappa shape index (κ3) is 6.16. The van der Waals surface area contributed by atoms with E-state index in [1.54, 1.807) is 85.3 Å². The van der Waals surface area contributed by atoms with Crippen LogP contribution in [0.2, 0.25) is 0 Å². The minimum absolute atomic E-state index is 0.0315. The van der Waals surface area contributed by atoms with Gasteiger partial charge in [0.2, 0.25) is 0 Å². The van der Waals surface area contributed by atoms with Crippen LogP contribution in [0.4, 0.5) is 26.3 Å². The molecule has 0 bridgehead atoms. The summed E-state index contributed by atoms with van der Waals surface area (Å²) >= 11 is 0. The van der Waals surface area contributed by atoms with Crippen molar-refractivity contribution in [2.75, 3.05) is 6.54 Å². The van der Waals surface area contributed by atoms with Gasteiger partial charge in [-0.1, -0.05) is 66.7 Å². The highest BCUT2D eigenvalue weighted by Crippen LogP contribution is 2.45. The molecule has 10 heteroatoms. The van der Waals surface area contributed by atoms with Crippen molar-refractivity contribution in [2.45, 2.75) is 51.1 Å². The second-order valence-corrected chi connectivity index (χ2v) is 12.0. The number of para-hydroxylation sites is 1. The zero-order chi connectivity index (χ0) is 33.7. The van der Waals surface area contributed by atoms with Crippen molar-refractivity contribution >= 4 is 22.6 Å². The molecule has 242 valence electrons. The molecule has 5 aromatic rings. The van der Waals surface area contributed by atoms with Gasteiger partial charge in [-0.05, 0) is 66.8 Å². The number of rotatable bonds is 6. The Bertz CT molecular complexity index is 1970. The van der Waals surface area contributed by atoms with Crippen molar-refractivity contribution in [2.24, 2.45) is 0 Å². The van der Waals surface area contributed by atoms with E-state index in [2.05, 4.69) is 0 Å². The Labute approximate surface area is 267 Å². The lowest BCUT2D eigenvalue weighted by molar-refractivity contribution is -0.173. The van der Waals surface area contributed by atoms with Gasteiger partial charge in [-0.25, -0.2) is 0 Å². The highest BCUT2D eigenvalue weighted by Gasteiger charge is 2.54. The van der Waals surface area contributed by atoms with Crippen molar-refractivity contribution in [3.05, 3.63) is 142 Å². The number of likely N-dealkylation sites (tertiary alicyclic amines) is 1. The Morgan fingerprint density at radius 3 is 2.13 bits per heavy atom. The van der Waals surface area contributed by atoms with Crippen molar-refractivity contribution < 1.29 is 35.9 Å². The number of aryl methyl sites for hydroxylation is 2. The number of hydrogen-bond acceptors (Lipinski definition) is 2. The summed E-state index contributed by atoms with van der Waals surface area (Å²) < 4.78 is 85.8. The standard InChI is InChI=1S/C37H30F6N2O2/c1-22-7-3-4-8-27(22)33(46)25-14-11-23(2)30(19-25)35(47)45-18-17-29(34(45)37(41,42)43)31-21-44(32-10-6-5-9-28(31)32)20-24-12-15-26(16-13-24)36(38,39)40/h3-16,19,21,29,34H,17-18,20H2,1-2H3. The topological polar surface area (TPSA) is 42.3 Å². The van der Waals surface area contributed by atoms with Crippen LogP contribution in [0.1, 0.15) is 66.4 Å². The van der Waals surface area contributed by atoms with Gasteiger partial charge in [0.15, 0.2) is 5.78 Å². The fourth-order valence-corrected chi connectivity index (χ4v) is 6.58. The van der Waals surface area contributed by atoms with Crippen LogP contribution in [-0.2, 0) is 12.7 Å². The molecule has 0 N–H and O–H groups in total. The molecule has 0 spiro atoms. The zero-order valence-corrected chi connectivity index (χ0v) is 25.5. The smallest absolute Gasteiger partial charge is 0.343 e. The average molecular weight is 649 g/mol. The van der Waals surface area contributed by atoms with Gasteiger partial charge in [-0.3, -0.25) is 9.59 Å². The first-order valence-electron chi connectivity index (χ1n) is 15.1. The largest absolute Gasteiger partial charge is 0.416 e. The third-order valence-corrected chi connectivity index (χ3v) is 8.97. The maximum atomic E-state index is 14.9. The monoisotopic (exact) mass is 648 g/mol. The van der Waals surface area contributed by atoms with E-state index in [0.29, 0.717) is 33.2 Å². The fraction of sp³-hybridized carbons (Fsp3) is 0.243. The van der Waals surface area contributed by atoms with Crippen LogP contribution < -0.4 is 0 Å². The minimum atomic E-state index is -4.77. The van der Waals surface area contributed by atoms with Gasteiger partial charge in [-0.15, -0.1) is 0 Å². The van der Waals surface area contributed by atoms with Crippen molar-refractivity contribution in [1.82, 2.24) is 9.47 Å². The van der Waals surface area contributed by atoms with Crippen LogP contribution in [0.15, 0.2) is 97.2 Å². The molecule has 0 aliphatic carbocycles. The van der Waals surface area contributed by atoms with E-state index in [4.69, 9.17) is 0 Å². The number of amides is 1. The number of halogens is 6. The molecule has 0 radical (unpaired) electrons. The SMILES string of the molecule is Cc1ccccc1C(=O)c1ccc(C)c(C(=O)N2CCC(c3cn(Cc4ccc(C(F)(F)F)cc4)c4ccccc34)C2C(F)(F)F)c1. The molecule has 2 unspecified atom stereocenters. The Balaban J connectivity index is 1.34. The van der Waals surface area contributed by atoms with Crippen molar-refractivity contribution in [3.8, 4) is 0 Å². The van der Waals surface area contributed by atoms with Gasteiger partial charge in [0.25, 0.3) is 5.91 Å². The Kier molecular flexibility index (Phi) is 8.23. The summed E-state index contributed by atoms with van der Waals surface area (Å²) in [6, 6.07) is 21.0. The maximum absolute atomic E-state index is 14.9. The van der Waals surface area contributed by atoms with E-state index >= 15 is 0 Å². The molecule has 1 amide bonds. The number of aromatic nitrogens is 1. The predicted octanol–water partition coefficient (Wildman–Crippen LogP) is 9.12. The zero-order valence-electron chi connectivity index (χ0n) is 25.5. The van der Waals surface area contributed by atoms with Gasteiger partial charge in [0, 0.05) is 52.8 Å². The fourth-order valence-electron chi connectivity index (χ4n) is 6.58. The van der Waals surface area contributed by atoms with Gasteiger partial charge in [0.05, 0.1) is 5.56 Å². The average Bonchev–Trinajstić information content (AvgIpc) is 3.63. The molecular formula is C37H30F6N2O2. The number of benzene rings is 4. The van der Waals surface area contributed by atoms with Crippen molar-refractivity contribution in [1.29, 1.82) is 0 Å². The first kappa shape index (κ1) is 32.1. The second-order valence-electron chi connectivity index (χ2n) is 12.0. The lowest BCUT2D eigenvalue weighted by Crippen LogP contribution is -2.47. The maximum Gasteiger partial charge on any atom is 0.416 e. The van der Waals surface area contributed by atoms with E-state index in [1.165, 1.54) is 18.2 Å². The lowest BCUT2D eigenvalue weighted by atomic mass is 9.90. The summed E-state index contributed by atoms with van der Waals surface area (Å²) in [6.45, 7) is 3.40. The molecular weight excluding hydrogens is 618 g/mol. The van der Waals surface area contributed by atoms with Crippen molar-refractivity contribution in [3.63, 3.8) is 0 Å². The normalized spacial score (nSPS) is 17.0. The number of fused-ring (bicyclic) bond motifs is 1. The van der Waals surface area contributed by atoms with E-state index < -0.39 is 35.8 Å². The summed E-state index contributed by atoms with van der Waals surface area (Å²) in [4.78, 5) is 28.1. The van der Waals surface area contributed by atoms with E-state index in [-0.39, 0.29) is 36.4 Å². The number of hydrogen-bond donors (Lipinski definition) is 0. The molecule has 2 heterocycles. The summed E-state index contributed by atoms with van der Waals surface area (Å²) in [5, 5.41) is 0.579. The van der Waals surface area contributed by atoms with Gasteiger partial charge in [-0.2, -0.15) is 26.3 Å². The molecule has 4 nitrogen and oxygen atoms in total. The van der Waals surface area contributed by atoms with Crippen LogP contribution in [0.3, 0.4) is 0 Å². The first-order chi connectivity index (χ1) is 22.2. The highest BCUT2D eigenvalue weighted by atomic mass is 19.4. The van der Waals surface area contributed by atoms with E-state index in [9.17, 15) is 35.9 Å². The molecule has 1 saturated heterocycles. The predicted molar refractivity (Wildman–Crippen MR) is 167 cm³/mol. The Hall–Kier alpha value is -4.86. The molecule has 4 aromatic carbocycles. The minimum Gasteiger partial charge on any atom is -0.343 e. The number of alkyl halides is 6. The summed E-state index contributed by atoms with van der Waals surface area (Å²) in [5.74, 6) is -2.22. The molecule has 1 aliphatic rings. The van der Waals surface area contributed by atoms with E-state index in [0.717, 1.165) is 22.6 Å². The van der Waals surface area contributed by atoms with Crippen LogP contribution in [-0.4, -0.2) is 39.9 Å². The number of carbonyl (C=O) groups is 2. The number of ketones is 1. The molecule has 1 fully saturated rings. The Morgan fingerprint density at radius 1 is 0.787 bits per heavy atom. The number of carbonyl (C=O) groups excluding carboxylic acids is 2. The summed E-state index contributed by atoms with van der Waals surface area (Å²) in [7, 11) is 0. The molecule has 47 heavy (non-hydrogen) atoms. The lowest BCUT2D eigenvalue weighted by Gasteiger charge is -2.30. The summed E-state index contributed by atoms with van der Waals surface area (Å²) in [5.41, 5.74) is 2.67. The molecule has 1 aliphatic heterocycles. The number of nitrogens with zero attached hydrogens (tertiary/aromatic N) is 2. The summed E-state index contributed by atoms with van der Waals surface area (Å²) in [6.07, 6.45) is -7.59. The van der Waals surface area contributed by atoms with Crippen LogP contribution in [0.5, 0.6) is 0 Å². The quantitative estimate of drug-likeness (QED) is 0.136. The van der Waals surface area contributed by atoms with Gasteiger partial charge in [0.1, 0.15) is 6.04 Å². The highest BCUT2D eigenvalue weighted by molar-refractivity contribution is 6.11. The van der Waals surface area contributed by atoms with Crippen LogP contribution in [0.25, 0.3) is 10.9 Å². The molecule has 1 aromatic heterocycles. The molecule has 6 rings (SSSR count). The third-order valence-electron chi connectivity index (χ3n) is 8.97. The second kappa shape index (κ2) is 12.1. The van der Waals surface area contributed by atoms with Gasteiger partial charge < -0.3 is 9.47 Å². The first-order valence-corrected chi connectivity index (χ1v) is 15.1. The molecule has 2 atom stereocenters.